The number of aromatic amines is 1. The van der Waals surface area contributed by atoms with E-state index in [0.29, 0.717) is 0 Å². The summed E-state index contributed by atoms with van der Waals surface area (Å²) in [6.45, 7) is 1.85. The van der Waals surface area contributed by atoms with Gasteiger partial charge in [-0.15, -0.1) is 0 Å². The van der Waals surface area contributed by atoms with E-state index in [-0.39, 0.29) is 35.7 Å². The maximum absolute atomic E-state index is 12.1. The minimum atomic E-state index is -0.623. The molecule has 0 fully saturated rings. The lowest BCUT2D eigenvalue weighted by Crippen LogP contribution is -2.18. The van der Waals surface area contributed by atoms with Crippen molar-refractivity contribution < 1.29 is 19.2 Å². The van der Waals surface area contributed by atoms with Gasteiger partial charge in [-0.3, -0.25) is 20.0 Å². The largest absolute Gasteiger partial charge is 0.462 e. The highest BCUT2D eigenvalue weighted by molar-refractivity contribution is 6.00. The molecule has 2 aromatic rings. The lowest BCUT2D eigenvalue weighted by atomic mass is 10.1. The molecule has 1 amide bonds. The Balaban J connectivity index is 2.11. The van der Waals surface area contributed by atoms with Crippen LogP contribution < -0.4 is 5.32 Å². The molecule has 0 saturated carbocycles. The molecule has 1 aromatic carbocycles. The molecule has 0 aliphatic carbocycles. The number of nitro benzene ring substituents is 1. The maximum Gasteiger partial charge on any atom is 0.343 e. The summed E-state index contributed by atoms with van der Waals surface area (Å²) in [6, 6.07) is 5.95. The molecule has 1 heterocycles. The van der Waals surface area contributed by atoms with Gasteiger partial charge >= 0.3 is 5.97 Å². The Morgan fingerprint density at radius 1 is 1.39 bits per heavy atom. The van der Waals surface area contributed by atoms with Crippen molar-refractivity contribution in [2.24, 2.45) is 0 Å². The number of nitro groups is 1. The topological polar surface area (TPSA) is 127 Å². The van der Waals surface area contributed by atoms with E-state index in [1.807, 2.05) is 0 Å². The number of hydrogen-bond donors (Lipinski definition) is 2. The number of carbonyl (C=O) groups is 2. The Kier molecular flexibility index (Phi) is 5.03. The molecule has 0 spiro atoms. The van der Waals surface area contributed by atoms with Crippen molar-refractivity contribution in [1.29, 1.82) is 0 Å². The highest BCUT2D eigenvalue weighted by Crippen LogP contribution is 2.19. The number of anilines is 1. The molecule has 2 rings (SSSR count). The molecular formula is C14H14N4O5. The molecule has 0 aliphatic heterocycles. The number of ether oxygens (including phenoxy) is 1. The van der Waals surface area contributed by atoms with Crippen LogP contribution in [0.3, 0.4) is 0 Å². The summed E-state index contributed by atoms with van der Waals surface area (Å²) in [5, 5.41) is 19.6. The summed E-state index contributed by atoms with van der Waals surface area (Å²) in [4.78, 5) is 34.1. The first-order chi connectivity index (χ1) is 11.0. The number of esters is 1. The third-order valence-corrected chi connectivity index (χ3v) is 2.94. The maximum atomic E-state index is 12.1. The number of carbonyl (C=O) groups excluding carboxylic acids is 2. The highest BCUT2D eigenvalue weighted by atomic mass is 16.6. The zero-order valence-corrected chi connectivity index (χ0v) is 12.2. The van der Waals surface area contributed by atoms with E-state index in [1.165, 1.54) is 24.4 Å². The summed E-state index contributed by atoms with van der Waals surface area (Å²) in [5.41, 5.74) is 0.216. The molecule has 0 atom stereocenters. The fourth-order valence-corrected chi connectivity index (χ4v) is 1.94. The quantitative estimate of drug-likeness (QED) is 0.474. The molecule has 0 aliphatic rings. The van der Waals surface area contributed by atoms with E-state index in [1.54, 1.807) is 13.0 Å². The molecule has 9 heteroatoms. The van der Waals surface area contributed by atoms with Gasteiger partial charge in [0.15, 0.2) is 0 Å². The van der Waals surface area contributed by atoms with Crippen molar-refractivity contribution in [3.05, 3.63) is 51.7 Å². The molecule has 1 aromatic heterocycles. The van der Waals surface area contributed by atoms with Crippen LogP contribution in [0.25, 0.3) is 0 Å². The third kappa shape index (κ3) is 3.90. The normalized spacial score (nSPS) is 10.1. The summed E-state index contributed by atoms with van der Waals surface area (Å²) in [5.74, 6) is -1.05. The molecular weight excluding hydrogens is 304 g/mol. The van der Waals surface area contributed by atoms with Crippen molar-refractivity contribution in [1.82, 2.24) is 10.2 Å². The molecule has 0 bridgehead atoms. The Morgan fingerprint density at radius 3 is 2.83 bits per heavy atom. The molecule has 2 N–H and O–H groups in total. The van der Waals surface area contributed by atoms with Gasteiger partial charge in [-0.25, -0.2) is 4.79 Å². The molecule has 120 valence electrons. The lowest BCUT2D eigenvalue weighted by Gasteiger charge is -2.06. The van der Waals surface area contributed by atoms with Crippen LogP contribution in [0, 0.1) is 10.1 Å². The number of nitrogens with zero attached hydrogens (tertiary/aromatic N) is 2. The second-order valence-corrected chi connectivity index (χ2v) is 4.49. The van der Waals surface area contributed by atoms with Crippen LogP contribution in [0.5, 0.6) is 0 Å². The Hall–Kier alpha value is -3.23. The monoisotopic (exact) mass is 318 g/mol. The first-order valence-electron chi connectivity index (χ1n) is 6.75. The average molecular weight is 318 g/mol. The van der Waals surface area contributed by atoms with Gasteiger partial charge < -0.3 is 10.1 Å². The zero-order valence-electron chi connectivity index (χ0n) is 12.2. The number of benzene rings is 1. The van der Waals surface area contributed by atoms with Gasteiger partial charge in [0.25, 0.3) is 5.69 Å². The number of para-hydroxylation sites is 1. The first-order valence-corrected chi connectivity index (χ1v) is 6.75. The van der Waals surface area contributed by atoms with Gasteiger partial charge in [-0.05, 0) is 6.92 Å². The Bertz CT molecular complexity index is 740. The van der Waals surface area contributed by atoms with E-state index >= 15 is 0 Å². The fourth-order valence-electron chi connectivity index (χ4n) is 1.94. The van der Waals surface area contributed by atoms with Crippen molar-refractivity contribution in [2.45, 2.75) is 13.3 Å². The lowest BCUT2D eigenvalue weighted by molar-refractivity contribution is -0.385. The van der Waals surface area contributed by atoms with Gasteiger partial charge in [0.2, 0.25) is 5.91 Å². The van der Waals surface area contributed by atoms with Crippen molar-refractivity contribution >= 4 is 23.4 Å². The van der Waals surface area contributed by atoms with Crippen molar-refractivity contribution in [3.8, 4) is 0 Å². The minimum Gasteiger partial charge on any atom is -0.462 e. The van der Waals surface area contributed by atoms with E-state index in [2.05, 4.69) is 15.5 Å². The minimum absolute atomic E-state index is 0.0859. The van der Waals surface area contributed by atoms with Crippen LogP contribution >= 0.6 is 0 Å². The third-order valence-electron chi connectivity index (χ3n) is 2.94. The summed E-state index contributed by atoms with van der Waals surface area (Å²) in [6.07, 6.45) is 1.02. The number of H-pyrrole nitrogens is 1. The van der Waals surface area contributed by atoms with Crippen LogP contribution in [-0.4, -0.2) is 33.6 Å². The second kappa shape index (κ2) is 7.16. The van der Waals surface area contributed by atoms with Gasteiger partial charge in [0.05, 0.1) is 24.1 Å². The number of rotatable bonds is 6. The fraction of sp³-hybridized carbons (Fsp3) is 0.214. The number of aromatic nitrogens is 2. The molecule has 0 saturated heterocycles. The summed E-state index contributed by atoms with van der Waals surface area (Å²) >= 11 is 0. The van der Waals surface area contributed by atoms with Gasteiger partial charge in [-0.1, -0.05) is 18.2 Å². The van der Waals surface area contributed by atoms with Crippen molar-refractivity contribution in [3.63, 3.8) is 0 Å². The highest BCUT2D eigenvalue weighted by Gasteiger charge is 2.19. The van der Waals surface area contributed by atoms with Gasteiger partial charge in [0, 0.05) is 11.6 Å². The van der Waals surface area contributed by atoms with E-state index in [9.17, 15) is 19.7 Å². The van der Waals surface area contributed by atoms with Crippen LogP contribution in [0.1, 0.15) is 22.8 Å². The first kappa shape index (κ1) is 16.1. The molecule has 0 radical (unpaired) electrons. The Labute approximate surface area is 130 Å². The SMILES string of the molecule is CCOC(=O)c1cn[nH]c1NC(=O)Cc1ccccc1[N+](=O)[O-]. The summed E-state index contributed by atoms with van der Waals surface area (Å²) < 4.78 is 4.84. The zero-order chi connectivity index (χ0) is 16.8. The number of hydrogen-bond acceptors (Lipinski definition) is 6. The van der Waals surface area contributed by atoms with E-state index in [4.69, 9.17) is 4.74 Å². The summed E-state index contributed by atoms with van der Waals surface area (Å²) in [7, 11) is 0. The van der Waals surface area contributed by atoms with Gasteiger partial charge in [0.1, 0.15) is 11.4 Å². The smallest absolute Gasteiger partial charge is 0.343 e. The standard InChI is InChI=1S/C14H14N4O5/c1-2-23-14(20)10-8-15-17-13(10)16-12(19)7-9-5-3-4-6-11(9)18(21)22/h3-6,8H,2,7H2,1H3,(H2,15,16,17,19). The predicted molar refractivity (Wildman–Crippen MR) is 80.0 cm³/mol. The van der Waals surface area contributed by atoms with E-state index in [0.717, 1.165) is 0 Å². The van der Waals surface area contributed by atoms with E-state index < -0.39 is 16.8 Å². The predicted octanol–water partition coefficient (Wildman–Crippen LogP) is 1.68. The van der Waals surface area contributed by atoms with Crippen LogP contribution in [-0.2, 0) is 16.0 Å². The molecule has 9 nitrogen and oxygen atoms in total. The Morgan fingerprint density at radius 2 is 2.13 bits per heavy atom. The average Bonchev–Trinajstić information content (AvgIpc) is 2.95. The molecule has 0 unspecified atom stereocenters. The van der Waals surface area contributed by atoms with Crippen molar-refractivity contribution in [2.75, 3.05) is 11.9 Å². The van der Waals surface area contributed by atoms with Crippen LogP contribution in [0.15, 0.2) is 30.5 Å². The van der Waals surface area contributed by atoms with Gasteiger partial charge in [-0.2, -0.15) is 5.10 Å². The number of amides is 1. The van der Waals surface area contributed by atoms with Crippen LogP contribution in [0.2, 0.25) is 0 Å². The number of nitrogens with one attached hydrogen (secondary N) is 2. The molecule has 23 heavy (non-hydrogen) atoms. The van der Waals surface area contributed by atoms with Crippen LogP contribution in [0.4, 0.5) is 11.5 Å². The second-order valence-electron chi connectivity index (χ2n) is 4.49.